The molecule has 1 aliphatic heterocycles. The summed E-state index contributed by atoms with van der Waals surface area (Å²) < 4.78 is 2.79. The highest BCUT2D eigenvalue weighted by atomic mass is 79.9. The van der Waals surface area contributed by atoms with E-state index in [1.165, 1.54) is 0 Å². The highest BCUT2D eigenvalue weighted by Crippen LogP contribution is 2.24. The zero-order valence-electron chi connectivity index (χ0n) is 9.96. The molecule has 0 aliphatic carbocycles. The molecule has 7 heteroatoms. The molecule has 2 aromatic rings. The van der Waals surface area contributed by atoms with Crippen LogP contribution >= 0.6 is 15.9 Å². The minimum absolute atomic E-state index is 0.646. The molecule has 3 heterocycles. The quantitative estimate of drug-likeness (QED) is 0.898. The van der Waals surface area contributed by atoms with Gasteiger partial charge in [0, 0.05) is 19.3 Å². The van der Waals surface area contributed by atoms with Gasteiger partial charge in [0.25, 0.3) is 0 Å². The Morgan fingerprint density at radius 1 is 1.39 bits per heavy atom. The first-order valence-corrected chi connectivity index (χ1v) is 6.88. The van der Waals surface area contributed by atoms with Crippen LogP contribution < -0.4 is 10.6 Å². The molecule has 6 nitrogen and oxygen atoms in total. The van der Waals surface area contributed by atoms with Crippen LogP contribution in [0.5, 0.6) is 0 Å². The number of nitrogens with two attached hydrogens (primary N) is 1. The molecule has 0 radical (unpaired) electrons. The van der Waals surface area contributed by atoms with Gasteiger partial charge in [-0.1, -0.05) is 0 Å². The summed E-state index contributed by atoms with van der Waals surface area (Å²) in [5.41, 5.74) is 6.52. The van der Waals surface area contributed by atoms with Crippen LogP contribution in [-0.2, 0) is 0 Å². The van der Waals surface area contributed by atoms with E-state index in [1.54, 1.807) is 12.5 Å². The standard InChI is InChI=1S/C11H15BrN6/c12-9-6-14-11(18-7-15-16-10(9)18)17-3-1-8(5-13)2-4-17/h6-8H,1-5,13H2. The molecule has 0 amide bonds. The minimum Gasteiger partial charge on any atom is -0.342 e. The fourth-order valence-electron chi connectivity index (χ4n) is 2.38. The van der Waals surface area contributed by atoms with Crippen molar-refractivity contribution >= 4 is 27.5 Å². The van der Waals surface area contributed by atoms with Gasteiger partial charge in [0.15, 0.2) is 5.65 Å². The maximum absolute atomic E-state index is 5.72. The van der Waals surface area contributed by atoms with Crippen LogP contribution in [0, 0.1) is 5.92 Å². The predicted molar refractivity (Wildman–Crippen MR) is 72.5 cm³/mol. The van der Waals surface area contributed by atoms with Crippen molar-refractivity contribution in [2.24, 2.45) is 11.7 Å². The van der Waals surface area contributed by atoms with Gasteiger partial charge in [-0.05, 0) is 41.2 Å². The van der Waals surface area contributed by atoms with Crippen molar-refractivity contribution in [3.8, 4) is 0 Å². The van der Waals surface area contributed by atoms with Crippen molar-refractivity contribution in [1.29, 1.82) is 0 Å². The summed E-state index contributed by atoms with van der Waals surface area (Å²) in [5.74, 6) is 1.56. The van der Waals surface area contributed by atoms with E-state index in [1.807, 2.05) is 4.40 Å². The summed E-state index contributed by atoms with van der Waals surface area (Å²) in [4.78, 5) is 6.76. The number of rotatable bonds is 2. The molecule has 0 aromatic carbocycles. The van der Waals surface area contributed by atoms with Gasteiger partial charge in [-0.25, -0.2) is 9.38 Å². The van der Waals surface area contributed by atoms with Gasteiger partial charge in [-0.15, -0.1) is 10.2 Å². The third-order valence-electron chi connectivity index (χ3n) is 3.50. The second kappa shape index (κ2) is 4.81. The lowest BCUT2D eigenvalue weighted by Crippen LogP contribution is -2.37. The average molecular weight is 311 g/mol. The lowest BCUT2D eigenvalue weighted by atomic mass is 9.97. The van der Waals surface area contributed by atoms with Gasteiger partial charge in [-0.3, -0.25) is 0 Å². The van der Waals surface area contributed by atoms with Crippen molar-refractivity contribution in [1.82, 2.24) is 19.6 Å². The van der Waals surface area contributed by atoms with Gasteiger partial charge >= 0.3 is 0 Å². The molecule has 0 atom stereocenters. The number of anilines is 1. The Balaban J connectivity index is 1.91. The van der Waals surface area contributed by atoms with E-state index in [9.17, 15) is 0 Å². The molecule has 18 heavy (non-hydrogen) atoms. The van der Waals surface area contributed by atoms with Crippen molar-refractivity contribution in [3.63, 3.8) is 0 Å². The lowest BCUT2D eigenvalue weighted by molar-refractivity contribution is 0.410. The molecule has 0 spiro atoms. The van der Waals surface area contributed by atoms with Crippen molar-refractivity contribution in [2.45, 2.75) is 12.8 Å². The maximum atomic E-state index is 5.72. The number of fused-ring (bicyclic) bond motifs is 1. The maximum Gasteiger partial charge on any atom is 0.212 e. The number of halogens is 1. The summed E-state index contributed by atoms with van der Waals surface area (Å²) in [7, 11) is 0. The molecule has 2 N–H and O–H groups in total. The summed E-state index contributed by atoms with van der Waals surface area (Å²) in [6.45, 7) is 2.76. The summed E-state index contributed by atoms with van der Waals surface area (Å²) in [6, 6.07) is 0. The monoisotopic (exact) mass is 310 g/mol. The highest BCUT2D eigenvalue weighted by Gasteiger charge is 2.21. The number of aromatic nitrogens is 4. The van der Waals surface area contributed by atoms with Crippen LogP contribution in [0.1, 0.15) is 12.8 Å². The fourth-order valence-corrected chi connectivity index (χ4v) is 2.75. The molecular weight excluding hydrogens is 296 g/mol. The molecule has 3 rings (SSSR count). The molecule has 0 saturated carbocycles. The number of hydrogen-bond acceptors (Lipinski definition) is 5. The molecular formula is C11H15BrN6. The molecule has 1 saturated heterocycles. The van der Waals surface area contributed by atoms with E-state index in [0.29, 0.717) is 5.92 Å². The Bertz CT molecular complexity index is 545. The first-order valence-electron chi connectivity index (χ1n) is 6.09. The molecule has 0 unspecified atom stereocenters. The number of hydrogen-bond donors (Lipinski definition) is 1. The highest BCUT2D eigenvalue weighted by molar-refractivity contribution is 9.10. The smallest absolute Gasteiger partial charge is 0.212 e. The normalized spacial score (nSPS) is 17.6. The Morgan fingerprint density at radius 3 is 2.89 bits per heavy atom. The van der Waals surface area contributed by atoms with Crippen LogP contribution in [0.25, 0.3) is 5.65 Å². The van der Waals surface area contributed by atoms with Gasteiger partial charge in [0.2, 0.25) is 5.95 Å². The largest absolute Gasteiger partial charge is 0.342 e. The Hall–Kier alpha value is -1.21. The first-order chi connectivity index (χ1) is 8.79. The van der Waals surface area contributed by atoms with E-state index in [2.05, 4.69) is 36.0 Å². The topological polar surface area (TPSA) is 72.3 Å². The van der Waals surface area contributed by atoms with Gasteiger partial charge < -0.3 is 10.6 Å². The third-order valence-corrected chi connectivity index (χ3v) is 4.06. The number of piperidine rings is 1. The van der Waals surface area contributed by atoms with Crippen molar-refractivity contribution < 1.29 is 0 Å². The average Bonchev–Trinajstić information content (AvgIpc) is 2.90. The Labute approximate surface area is 113 Å². The van der Waals surface area contributed by atoms with E-state index in [4.69, 9.17) is 5.73 Å². The van der Waals surface area contributed by atoms with E-state index < -0.39 is 0 Å². The van der Waals surface area contributed by atoms with E-state index >= 15 is 0 Å². The third kappa shape index (κ3) is 1.97. The molecule has 1 fully saturated rings. The number of nitrogens with zero attached hydrogens (tertiary/aromatic N) is 5. The van der Waals surface area contributed by atoms with Gasteiger partial charge in [0.1, 0.15) is 6.33 Å². The summed E-state index contributed by atoms with van der Waals surface area (Å²) in [6.07, 6.45) is 5.74. The van der Waals surface area contributed by atoms with Crippen LogP contribution in [0.4, 0.5) is 5.95 Å². The Kier molecular flexibility index (Phi) is 3.17. The second-order valence-electron chi connectivity index (χ2n) is 4.60. The molecule has 96 valence electrons. The van der Waals surface area contributed by atoms with Crippen molar-refractivity contribution in [2.75, 3.05) is 24.5 Å². The van der Waals surface area contributed by atoms with Crippen LogP contribution in [0.3, 0.4) is 0 Å². The zero-order chi connectivity index (χ0) is 12.5. The van der Waals surface area contributed by atoms with Gasteiger partial charge in [0.05, 0.1) is 4.47 Å². The predicted octanol–water partition coefficient (Wildman–Crippen LogP) is 1.06. The SMILES string of the molecule is NCC1CCN(c2ncc(Br)c3nncn23)CC1. The Morgan fingerprint density at radius 2 is 2.17 bits per heavy atom. The van der Waals surface area contributed by atoms with Crippen LogP contribution in [0.15, 0.2) is 17.0 Å². The lowest BCUT2D eigenvalue weighted by Gasteiger charge is -2.32. The molecule has 0 bridgehead atoms. The van der Waals surface area contributed by atoms with Crippen LogP contribution in [0.2, 0.25) is 0 Å². The van der Waals surface area contributed by atoms with Gasteiger partial charge in [-0.2, -0.15) is 0 Å². The summed E-state index contributed by atoms with van der Waals surface area (Å²) >= 11 is 3.43. The van der Waals surface area contributed by atoms with Crippen molar-refractivity contribution in [3.05, 3.63) is 17.0 Å². The second-order valence-corrected chi connectivity index (χ2v) is 5.45. The first kappa shape index (κ1) is 11.9. The molecule has 2 aromatic heterocycles. The minimum atomic E-state index is 0.646. The van der Waals surface area contributed by atoms with Crippen LogP contribution in [-0.4, -0.2) is 39.2 Å². The van der Waals surface area contributed by atoms with E-state index in [0.717, 1.165) is 48.5 Å². The fraction of sp³-hybridized carbons (Fsp3) is 0.545. The zero-order valence-corrected chi connectivity index (χ0v) is 11.5. The van der Waals surface area contributed by atoms with E-state index in [-0.39, 0.29) is 0 Å². The molecule has 1 aliphatic rings. The summed E-state index contributed by atoms with van der Waals surface area (Å²) in [5, 5.41) is 8.03.